The molecule has 1 amide bonds. The van der Waals surface area contributed by atoms with E-state index in [1.165, 1.54) is 12.8 Å². The molecule has 3 aromatic rings. The number of rotatable bonds is 5. The van der Waals surface area contributed by atoms with Gasteiger partial charge in [0.2, 0.25) is 5.91 Å². The van der Waals surface area contributed by atoms with Gasteiger partial charge in [-0.3, -0.25) is 9.48 Å². The molecular weight excluding hydrogens is 302 g/mol. The molecule has 1 atom stereocenters. The van der Waals surface area contributed by atoms with E-state index in [0.717, 1.165) is 22.3 Å². The van der Waals surface area contributed by atoms with Crippen molar-refractivity contribution < 1.29 is 4.79 Å². The number of aryl methyl sites for hydroxylation is 1. The van der Waals surface area contributed by atoms with Crippen LogP contribution >= 0.6 is 0 Å². The number of anilines is 1. The number of nitrogens with one attached hydrogen (secondary N) is 1. The molecular formula is C18H21N5O. The van der Waals surface area contributed by atoms with E-state index < -0.39 is 0 Å². The SMILES string of the molecule is Cc1cnn([C@@H](C)C2CC2)c1NC(=O)Cn1cc2ccccc2n1. The van der Waals surface area contributed by atoms with E-state index in [2.05, 4.69) is 22.4 Å². The molecule has 0 unspecified atom stereocenters. The van der Waals surface area contributed by atoms with Gasteiger partial charge in [0.05, 0.1) is 17.8 Å². The van der Waals surface area contributed by atoms with Gasteiger partial charge < -0.3 is 5.32 Å². The van der Waals surface area contributed by atoms with Crippen LogP contribution < -0.4 is 5.32 Å². The molecule has 0 radical (unpaired) electrons. The fourth-order valence-electron chi connectivity index (χ4n) is 3.11. The largest absolute Gasteiger partial charge is 0.309 e. The second-order valence-electron chi connectivity index (χ2n) is 6.63. The second-order valence-corrected chi connectivity index (χ2v) is 6.63. The third kappa shape index (κ3) is 2.79. The van der Waals surface area contributed by atoms with Crippen LogP contribution in [0.4, 0.5) is 5.82 Å². The number of nitrogens with zero attached hydrogens (tertiary/aromatic N) is 4. The van der Waals surface area contributed by atoms with Crippen LogP contribution in [0.25, 0.3) is 10.9 Å². The minimum atomic E-state index is -0.0874. The van der Waals surface area contributed by atoms with Crippen molar-refractivity contribution in [1.82, 2.24) is 19.6 Å². The summed E-state index contributed by atoms with van der Waals surface area (Å²) in [5.74, 6) is 1.39. The number of hydrogen-bond donors (Lipinski definition) is 1. The van der Waals surface area contributed by atoms with Crippen LogP contribution in [0.1, 0.15) is 31.4 Å². The van der Waals surface area contributed by atoms with Gasteiger partial charge in [0, 0.05) is 17.1 Å². The third-order valence-electron chi connectivity index (χ3n) is 4.69. The minimum absolute atomic E-state index is 0.0874. The van der Waals surface area contributed by atoms with Crippen LogP contribution in [0.2, 0.25) is 0 Å². The number of fused-ring (bicyclic) bond motifs is 1. The maximum Gasteiger partial charge on any atom is 0.247 e. The highest BCUT2D eigenvalue weighted by molar-refractivity contribution is 5.90. The first kappa shape index (κ1) is 14.9. The van der Waals surface area contributed by atoms with E-state index in [0.29, 0.717) is 12.0 Å². The van der Waals surface area contributed by atoms with Gasteiger partial charge in [0.1, 0.15) is 12.4 Å². The molecule has 124 valence electrons. The predicted molar refractivity (Wildman–Crippen MR) is 92.8 cm³/mol. The van der Waals surface area contributed by atoms with Crippen molar-refractivity contribution in [3.63, 3.8) is 0 Å². The highest BCUT2D eigenvalue weighted by Gasteiger charge is 2.31. The number of carbonyl (C=O) groups excluding carboxylic acids is 1. The van der Waals surface area contributed by atoms with Crippen molar-refractivity contribution in [1.29, 1.82) is 0 Å². The van der Waals surface area contributed by atoms with Gasteiger partial charge in [0.25, 0.3) is 0 Å². The van der Waals surface area contributed by atoms with Crippen molar-refractivity contribution in [2.75, 3.05) is 5.32 Å². The maximum atomic E-state index is 12.5. The summed E-state index contributed by atoms with van der Waals surface area (Å²) < 4.78 is 3.63. The quantitative estimate of drug-likeness (QED) is 0.784. The molecule has 6 heteroatoms. The van der Waals surface area contributed by atoms with E-state index >= 15 is 0 Å². The maximum absolute atomic E-state index is 12.5. The number of aromatic nitrogens is 4. The Morgan fingerprint density at radius 2 is 2.17 bits per heavy atom. The van der Waals surface area contributed by atoms with Gasteiger partial charge in [-0.2, -0.15) is 10.2 Å². The zero-order valence-corrected chi connectivity index (χ0v) is 13.9. The van der Waals surface area contributed by atoms with Crippen molar-refractivity contribution in [2.24, 2.45) is 5.92 Å². The fourth-order valence-corrected chi connectivity index (χ4v) is 3.11. The third-order valence-corrected chi connectivity index (χ3v) is 4.69. The van der Waals surface area contributed by atoms with E-state index in [1.54, 1.807) is 4.68 Å². The normalized spacial score (nSPS) is 15.6. The summed E-state index contributed by atoms with van der Waals surface area (Å²) in [4.78, 5) is 12.5. The number of amides is 1. The molecule has 1 saturated carbocycles. The van der Waals surface area contributed by atoms with Gasteiger partial charge in [-0.1, -0.05) is 18.2 Å². The average Bonchev–Trinajstić information content (AvgIpc) is 3.24. The van der Waals surface area contributed by atoms with Crippen LogP contribution in [-0.2, 0) is 11.3 Å². The Labute approximate surface area is 140 Å². The van der Waals surface area contributed by atoms with Gasteiger partial charge in [-0.25, -0.2) is 4.68 Å². The first-order valence-corrected chi connectivity index (χ1v) is 8.38. The summed E-state index contributed by atoms with van der Waals surface area (Å²) in [5, 5.41) is 12.9. The standard InChI is InChI=1S/C18H21N5O/c1-12-9-19-23(13(2)14-7-8-14)18(12)20-17(24)11-22-10-15-5-3-4-6-16(15)21-22/h3-6,9-10,13-14H,7-8,11H2,1-2H3,(H,20,24)/t13-/m0/s1. The fraction of sp³-hybridized carbons (Fsp3) is 0.389. The smallest absolute Gasteiger partial charge is 0.247 e. The lowest BCUT2D eigenvalue weighted by atomic mass is 10.2. The zero-order chi connectivity index (χ0) is 16.7. The van der Waals surface area contributed by atoms with Crippen LogP contribution in [0.15, 0.2) is 36.7 Å². The minimum Gasteiger partial charge on any atom is -0.309 e. The summed E-state index contributed by atoms with van der Waals surface area (Å²) in [7, 11) is 0. The molecule has 0 aliphatic heterocycles. The van der Waals surface area contributed by atoms with E-state index in [4.69, 9.17) is 0 Å². The Balaban J connectivity index is 1.50. The lowest BCUT2D eigenvalue weighted by Gasteiger charge is -2.16. The molecule has 2 heterocycles. The second kappa shape index (κ2) is 5.78. The topological polar surface area (TPSA) is 64.7 Å². The number of carbonyl (C=O) groups is 1. The van der Waals surface area contributed by atoms with E-state index in [1.807, 2.05) is 48.3 Å². The monoisotopic (exact) mass is 323 g/mol. The lowest BCUT2D eigenvalue weighted by molar-refractivity contribution is -0.116. The number of benzene rings is 1. The Hall–Kier alpha value is -2.63. The van der Waals surface area contributed by atoms with Crippen LogP contribution in [-0.4, -0.2) is 25.5 Å². The Kier molecular flexibility index (Phi) is 3.59. The van der Waals surface area contributed by atoms with Crippen LogP contribution in [0, 0.1) is 12.8 Å². The Morgan fingerprint density at radius 1 is 1.38 bits per heavy atom. The first-order chi connectivity index (χ1) is 11.6. The van der Waals surface area contributed by atoms with Crippen molar-refractivity contribution >= 4 is 22.6 Å². The van der Waals surface area contributed by atoms with E-state index in [9.17, 15) is 4.79 Å². The molecule has 1 fully saturated rings. The number of hydrogen-bond acceptors (Lipinski definition) is 3. The zero-order valence-electron chi connectivity index (χ0n) is 13.9. The van der Waals surface area contributed by atoms with Crippen LogP contribution in [0.5, 0.6) is 0 Å². The van der Waals surface area contributed by atoms with Gasteiger partial charge >= 0.3 is 0 Å². The molecule has 1 aliphatic rings. The summed E-state index contributed by atoms with van der Waals surface area (Å²) in [6, 6.07) is 8.17. The van der Waals surface area contributed by atoms with Crippen molar-refractivity contribution in [3.05, 3.63) is 42.2 Å². The summed E-state index contributed by atoms with van der Waals surface area (Å²) in [6.45, 7) is 4.33. The van der Waals surface area contributed by atoms with E-state index in [-0.39, 0.29) is 12.5 Å². The average molecular weight is 323 g/mol. The molecule has 4 rings (SSSR count). The molecule has 24 heavy (non-hydrogen) atoms. The van der Waals surface area contributed by atoms with Gasteiger partial charge in [-0.15, -0.1) is 0 Å². The van der Waals surface area contributed by atoms with Crippen molar-refractivity contribution in [3.8, 4) is 0 Å². The van der Waals surface area contributed by atoms with Gasteiger partial charge in [0.15, 0.2) is 0 Å². The molecule has 6 nitrogen and oxygen atoms in total. The highest BCUT2D eigenvalue weighted by Crippen LogP contribution is 2.40. The van der Waals surface area contributed by atoms with Gasteiger partial charge in [-0.05, 0) is 38.7 Å². The summed E-state index contributed by atoms with van der Waals surface area (Å²) in [6.07, 6.45) is 6.20. The summed E-state index contributed by atoms with van der Waals surface area (Å²) >= 11 is 0. The molecule has 2 aromatic heterocycles. The van der Waals surface area contributed by atoms with Crippen molar-refractivity contribution in [2.45, 2.75) is 39.3 Å². The molecule has 1 N–H and O–H groups in total. The highest BCUT2D eigenvalue weighted by atomic mass is 16.2. The lowest BCUT2D eigenvalue weighted by Crippen LogP contribution is -2.23. The molecule has 0 bridgehead atoms. The Morgan fingerprint density at radius 3 is 2.92 bits per heavy atom. The summed E-state index contributed by atoms with van der Waals surface area (Å²) in [5.41, 5.74) is 1.88. The molecule has 1 aliphatic carbocycles. The Bertz CT molecular complexity index is 857. The predicted octanol–water partition coefficient (Wildman–Crippen LogP) is 3.15. The first-order valence-electron chi connectivity index (χ1n) is 8.38. The molecule has 0 spiro atoms. The molecule has 1 aromatic carbocycles. The molecule has 0 saturated heterocycles. The van der Waals surface area contributed by atoms with Crippen LogP contribution in [0.3, 0.4) is 0 Å².